The van der Waals surface area contributed by atoms with E-state index in [0.29, 0.717) is 5.88 Å². The highest BCUT2D eigenvalue weighted by molar-refractivity contribution is 6.33. The molecule has 0 bridgehead atoms. The lowest BCUT2D eigenvalue weighted by atomic mass is 9.95. The summed E-state index contributed by atoms with van der Waals surface area (Å²) >= 11 is 5.76. The Balaban J connectivity index is 2.06. The third-order valence-corrected chi connectivity index (χ3v) is 3.56. The Morgan fingerprint density at radius 2 is 2.21 bits per heavy atom. The molecule has 0 radical (unpaired) electrons. The van der Waals surface area contributed by atoms with E-state index >= 15 is 0 Å². The molecule has 1 heterocycles. The van der Waals surface area contributed by atoms with Crippen molar-refractivity contribution in [3.8, 4) is 5.88 Å². The van der Waals surface area contributed by atoms with Gasteiger partial charge in [0.2, 0.25) is 5.88 Å². The van der Waals surface area contributed by atoms with Gasteiger partial charge in [-0.15, -0.1) is 0 Å². The van der Waals surface area contributed by atoms with Gasteiger partial charge in [0.15, 0.2) is 0 Å². The van der Waals surface area contributed by atoms with Crippen molar-refractivity contribution in [3.63, 3.8) is 0 Å². The van der Waals surface area contributed by atoms with Crippen molar-refractivity contribution in [1.82, 2.24) is 4.98 Å². The predicted molar refractivity (Wildman–Crippen MR) is 69.9 cm³/mol. The lowest BCUT2D eigenvalue weighted by Crippen LogP contribution is -2.29. The van der Waals surface area contributed by atoms with Crippen LogP contribution >= 0.6 is 11.6 Å². The lowest BCUT2D eigenvalue weighted by molar-refractivity contribution is 0.0194. The second kappa shape index (κ2) is 6.21. The zero-order valence-corrected chi connectivity index (χ0v) is 11.4. The highest BCUT2D eigenvalue weighted by atomic mass is 35.5. The van der Waals surface area contributed by atoms with Crippen LogP contribution in [0.4, 0.5) is 0 Å². The molecule has 2 unspecified atom stereocenters. The maximum absolute atomic E-state index is 11.0. The summed E-state index contributed by atoms with van der Waals surface area (Å²) in [4.78, 5) is 15.0. The van der Waals surface area contributed by atoms with E-state index in [4.69, 9.17) is 26.2 Å². The third-order valence-electron chi connectivity index (χ3n) is 3.26. The number of carboxylic acids is 1. The Hall–Kier alpha value is -1.33. The molecule has 1 aromatic heterocycles. The summed E-state index contributed by atoms with van der Waals surface area (Å²) in [5.41, 5.74) is 0.00534. The van der Waals surface area contributed by atoms with Crippen LogP contribution in [0.1, 0.15) is 36.0 Å². The minimum absolute atomic E-state index is 0.00534. The monoisotopic (exact) mass is 285 g/mol. The highest BCUT2D eigenvalue weighted by Gasteiger charge is 2.24. The van der Waals surface area contributed by atoms with E-state index in [1.54, 1.807) is 7.11 Å². The first-order chi connectivity index (χ1) is 9.10. The number of pyridine rings is 1. The second-order valence-corrected chi connectivity index (χ2v) is 4.98. The quantitative estimate of drug-likeness (QED) is 0.921. The van der Waals surface area contributed by atoms with Crippen LogP contribution in [0, 0.1) is 0 Å². The molecule has 104 valence electrons. The Morgan fingerprint density at radius 3 is 2.89 bits per heavy atom. The fourth-order valence-corrected chi connectivity index (χ4v) is 2.43. The van der Waals surface area contributed by atoms with Gasteiger partial charge >= 0.3 is 5.97 Å². The third kappa shape index (κ3) is 3.58. The average molecular weight is 286 g/mol. The molecule has 2 rings (SSSR count). The van der Waals surface area contributed by atoms with Crippen molar-refractivity contribution in [2.24, 2.45) is 0 Å². The fraction of sp³-hybridized carbons (Fsp3) is 0.538. The van der Waals surface area contributed by atoms with E-state index in [-0.39, 0.29) is 22.8 Å². The van der Waals surface area contributed by atoms with Crippen LogP contribution in [0.25, 0.3) is 0 Å². The van der Waals surface area contributed by atoms with Gasteiger partial charge in [-0.25, -0.2) is 9.78 Å². The molecule has 1 N–H and O–H groups in total. The van der Waals surface area contributed by atoms with E-state index in [9.17, 15) is 4.79 Å². The molecule has 19 heavy (non-hydrogen) atoms. The molecule has 1 saturated carbocycles. The number of ether oxygens (including phenoxy) is 2. The van der Waals surface area contributed by atoms with Gasteiger partial charge in [0, 0.05) is 19.6 Å². The summed E-state index contributed by atoms with van der Waals surface area (Å²) in [7, 11) is 1.69. The van der Waals surface area contributed by atoms with Gasteiger partial charge < -0.3 is 14.6 Å². The highest BCUT2D eigenvalue weighted by Crippen LogP contribution is 2.26. The Kier molecular flexibility index (Phi) is 4.61. The summed E-state index contributed by atoms with van der Waals surface area (Å²) in [5, 5.41) is 9.10. The number of rotatable bonds is 4. The molecule has 0 amide bonds. The van der Waals surface area contributed by atoms with Crippen LogP contribution in [0.3, 0.4) is 0 Å². The topological polar surface area (TPSA) is 68.7 Å². The molecule has 1 aromatic rings. The number of aromatic carboxylic acids is 1. The first-order valence-electron chi connectivity index (χ1n) is 6.18. The van der Waals surface area contributed by atoms with Gasteiger partial charge in [-0.2, -0.15) is 0 Å². The van der Waals surface area contributed by atoms with E-state index < -0.39 is 5.97 Å². The Labute approximate surface area is 116 Å². The summed E-state index contributed by atoms with van der Waals surface area (Å²) in [5.74, 6) is -0.792. The fourth-order valence-electron chi connectivity index (χ4n) is 2.24. The Morgan fingerprint density at radius 1 is 1.47 bits per heavy atom. The lowest BCUT2D eigenvalue weighted by Gasteiger charge is -2.28. The molecule has 1 aliphatic carbocycles. The summed E-state index contributed by atoms with van der Waals surface area (Å²) in [6.45, 7) is 0. The van der Waals surface area contributed by atoms with Gasteiger partial charge in [-0.05, 0) is 19.3 Å². The maximum atomic E-state index is 11.0. The molecule has 0 aliphatic heterocycles. The molecular weight excluding hydrogens is 270 g/mol. The molecular formula is C13H16ClNO4. The molecule has 6 heteroatoms. The first kappa shape index (κ1) is 14.1. The van der Waals surface area contributed by atoms with Crippen LogP contribution < -0.4 is 4.74 Å². The molecule has 5 nitrogen and oxygen atoms in total. The second-order valence-electron chi connectivity index (χ2n) is 4.57. The number of halogens is 1. The van der Waals surface area contributed by atoms with Crippen LogP contribution in [0.5, 0.6) is 5.88 Å². The normalized spacial score (nSPS) is 23.1. The van der Waals surface area contributed by atoms with Gasteiger partial charge in [0.1, 0.15) is 6.10 Å². The maximum Gasteiger partial charge on any atom is 0.337 e. The predicted octanol–water partition coefficient (Wildman–Crippen LogP) is 2.77. The van der Waals surface area contributed by atoms with Crippen molar-refractivity contribution in [1.29, 1.82) is 0 Å². The standard InChI is InChI=1S/C13H16ClNO4/c1-18-8-3-2-4-9(5-8)19-12-6-10(13(16)17)11(14)7-15-12/h6-9H,2-5H2,1H3,(H,16,17). The van der Waals surface area contributed by atoms with Crippen LogP contribution in [-0.2, 0) is 4.74 Å². The minimum atomic E-state index is -1.09. The van der Waals surface area contributed by atoms with E-state index in [1.165, 1.54) is 12.3 Å². The van der Waals surface area contributed by atoms with Crippen molar-refractivity contribution in [3.05, 3.63) is 22.8 Å². The molecule has 0 spiro atoms. The number of hydrogen-bond acceptors (Lipinski definition) is 4. The largest absolute Gasteiger partial charge is 0.478 e. The first-order valence-corrected chi connectivity index (χ1v) is 6.56. The number of carboxylic acid groups (broad SMARTS) is 1. The van der Waals surface area contributed by atoms with Crippen molar-refractivity contribution in [2.75, 3.05) is 7.11 Å². The van der Waals surface area contributed by atoms with E-state index in [2.05, 4.69) is 4.98 Å². The zero-order chi connectivity index (χ0) is 13.8. The number of aromatic nitrogens is 1. The zero-order valence-electron chi connectivity index (χ0n) is 10.6. The van der Waals surface area contributed by atoms with Crippen LogP contribution in [0.2, 0.25) is 5.02 Å². The summed E-state index contributed by atoms with van der Waals surface area (Å²) in [6, 6.07) is 1.36. The van der Waals surface area contributed by atoms with E-state index in [0.717, 1.165) is 25.7 Å². The van der Waals surface area contributed by atoms with Crippen LogP contribution in [-0.4, -0.2) is 35.4 Å². The number of methoxy groups -OCH3 is 1. The van der Waals surface area contributed by atoms with Crippen molar-refractivity contribution >= 4 is 17.6 Å². The number of nitrogens with zero attached hydrogens (tertiary/aromatic N) is 1. The average Bonchev–Trinajstić information content (AvgIpc) is 2.41. The Bertz CT molecular complexity index is 466. The molecule has 0 saturated heterocycles. The molecule has 1 fully saturated rings. The SMILES string of the molecule is COC1CCCC(Oc2cc(C(=O)O)c(Cl)cn2)C1. The van der Waals surface area contributed by atoms with Gasteiger partial charge in [0.05, 0.1) is 22.9 Å². The summed E-state index contributed by atoms with van der Waals surface area (Å²) < 4.78 is 11.0. The summed E-state index contributed by atoms with van der Waals surface area (Å²) in [6.07, 6.45) is 5.29. The van der Waals surface area contributed by atoms with Gasteiger partial charge in [0.25, 0.3) is 0 Å². The van der Waals surface area contributed by atoms with E-state index in [1.807, 2.05) is 0 Å². The number of carbonyl (C=O) groups is 1. The van der Waals surface area contributed by atoms with Crippen molar-refractivity contribution in [2.45, 2.75) is 37.9 Å². The minimum Gasteiger partial charge on any atom is -0.478 e. The van der Waals surface area contributed by atoms with Gasteiger partial charge in [-0.1, -0.05) is 11.6 Å². The number of hydrogen-bond donors (Lipinski definition) is 1. The van der Waals surface area contributed by atoms with Crippen molar-refractivity contribution < 1.29 is 19.4 Å². The molecule has 2 atom stereocenters. The molecule has 1 aliphatic rings. The van der Waals surface area contributed by atoms with Crippen LogP contribution in [0.15, 0.2) is 12.3 Å². The molecule has 0 aromatic carbocycles. The van der Waals surface area contributed by atoms with Gasteiger partial charge in [-0.3, -0.25) is 0 Å². The smallest absolute Gasteiger partial charge is 0.337 e.